The molecule has 0 amide bonds. The number of ether oxygens (including phenoxy) is 1. The summed E-state index contributed by atoms with van der Waals surface area (Å²) in [6.45, 7) is 9.23. The SMILES string of the molecule is COC1CC(NCC2NCCC2C)C1(C)C. The van der Waals surface area contributed by atoms with Crippen LogP contribution < -0.4 is 10.6 Å². The maximum absolute atomic E-state index is 5.47. The van der Waals surface area contributed by atoms with Gasteiger partial charge in [-0.15, -0.1) is 0 Å². The lowest BCUT2D eigenvalue weighted by atomic mass is 9.64. The molecule has 1 saturated carbocycles. The van der Waals surface area contributed by atoms with Crippen LogP contribution in [0.15, 0.2) is 0 Å². The Morgan fingerprint density at radius 1 is 1.44 bits per heavy atom. The van der Waals surface area contributed by atoms with E-state index in [0.29, 0.717) is 18.2 Å². The van der Waals surface area contributed by atoms with E-state index in [2.05, 4.69) is 31.4 Å². The molecule has 4 unspecified atom stereocenters. The summed E-state index contributed by atoms with van der Waals surface area (Å²) < 4.78 is 5.47. The summed E-state index contributed by atoms with van der Waals surface area (Å²) in [7, 11) is 1.82. The highest BCUT2D eigenvalue weighted by molar-refractivity contribution is 5.03. The van der Waals surface area contributed by atoms with Crippen LogP contribution in [-0.2, 0) is 4.74 Å². The molecule has 0 aromatic heterocycles. The van der Waals surface area contributed by atoms with Crippen molar-refractivity contribution >= 4 is 0 Å². The van der Waals surface area contributed by atoms with E-state index >= 15 is 0 Å². The van der Waals surface area contributed by atoms with Gasteiger partial charge in [0, 0.05) is 31.2 Å². The Labute approximate surface area is 99.3 Å². The van der Waals surface area contributed by atoms with Crippen molar-refractivity contribution in [1.82, 2.24) is 10.6 Å². The van der Waals surface area contributed by atoms with Crippen LogP contribution in [0.1, 0.15) is 33.6 Å². The number of hydrogen-bond donors (Lipinski definition) is 2. The van der Waals surface area contributed by atoms with E-state index in [1.54, 1.807) is 0 Å². The molecule has 1 saturated heterocycles. The van der Waals surface area contributed by atoms with Crippen molar-refractivity contribution in [2.75, 3.05) is 20.2 Å². The third-order valence-electron chi connectivity index (χ3n) is 4.74. The topological polar surface area (TPSA) is 33.3 Å². The second-order valence-corrected chi connectivity index (χ2v) is 6.07. The van der Waals surface area contributed by atoms with Crippen molar-refractivity contribution < 1.29 is 4.74 Å². The van der Waals surface area contributed by atoms with Crippen LogP contribution in [0.5, 0.6) is 0 Å². The third-order valence-corrected chi connectivity index (χ3v) is 4.74. The summed E-state index contributed by atoms with van der Waals surface area (Å²) in [5.74, 6) is 0.814. The first kappa shape index (κ1) is 12.3. The van der Waals surface area contributed by atoms with Crippen LogP contribution in [0.2, 0.25) is 0 Å². The van der Waals surface area contributed by atoms with Crippen LogP contribution >= 0.6 is 0 Å². The van der Waals surface area contributed by atoms with Gasteiger partial charge < -0.3 is 15.4 Å². The molecule has 2 rings (SSSR count). The standard InChI is InChI=1S/C13H26N2O/c1-9-5-6-14-10(9)8-15-11-7-12(16-4)13(11,2)3/h9-12,14-15H,5-8H2,1-4H3. The number of rotatable bonds is 4. The lowest BCUT2D eigenvalue weighted by molar-refractivity contribution is -0.0977. The van der Waals surface area contributed by atoms with Crippen LogP contribution in [-0.4, -0.2) is 38.4 Å². The minimum absolute atomic E-state index is 0.288. The molecule has 3 nitrogen and oxygen atoms in total. The van der Waals surface area contributed by atoms with Gasteiger partial charge in [-0.3, -0.25) is 0 Å². The van der Waals surface area contributed by atoms with Gasteiger partial charge in [0.25, 0.3) is 0 Å². The maximum atomic E-state index is 5.47. The summed E-state index contributed by atoms with van der Waals surface area (Å²) in [5, 5.41) is 7.27. The van der Waals surface area contributed by atoms with E-state index in [4.69, 9.17) is 4.74 Å². The van der Waals surface area contributed by atoms with Gasteiger partial charge in [0.2, 0.25) is 0 Å². The molecule has 2 aliphatic rings. The van der Waals surface area contributed by atoms with E-state index in [0.717, 1.165) is 18.9 Å². The number of hydrogen-bond acceptors (Lipinski definition) is 3. The Hall–Kier alpha value is -0.120. The van der Waals surface area contributed by atoms with Crippen LogP contribution in [0.4, 0.5) is 0 Å². The molecule has 1 aliphatic heterocycles. The summed E-state index contributed by atoms with van der Waals surface area (Å²) in [4.78, 5) is 0. The highest BCUT2D eigenvalue weighted by atomic mass is 16.5. The van der Waals surface area contributed by atoms with E-state index < -0.39 is 0 Å². The molecule has 0 radical (unpaired) electrons. The van der Waals surface area contributed by atoms with Crippen molar-refractivity contribution in [3.63, 3.8) is 0 Å². The highest BCUT2D eigenvalue weighted by Gasteiger charge is 2.48. The zero-order chi connectivity index (χ0) is 11.8. The molecular formula is C13H26N2O. The fourth-order valence-corrected chi connectivity index (χ4v) is 3.07. The van der Waals surface area contributed by atoms with Gasteiger partial charge in [-0.05, 0) is 25.3 Å². The van der Waals surface area contributed by atoms with Crippen molar-refractivity contribution in [1.29, 1.82) is 0 Å². The summed E-state index contributed by atoms with van der Waals surface area (Å²) in [5.41, 5.74) is 0.288. The number of nitrogens with one attached hydrogen (secondary N) is 2. The molecule has 3 heteroatoms. The van der Waals surface area contributed by atoms with Gasteiger partial charge in [0.05, 0.1) is 6.10 Å². The minimum Gasteiger partial charge on any atom is -0.381 e. The summed E-state index contributed by atoms with van der Waals surface area (Å²) in [6, 6.07) is 1.28. The smallest absolute Gasteiger partial charge is 0.0652 e. The first-order valence-electron chi connectivity index (χ1n) is 6.55. The zero-order valence-electron chi connectivity index (χ0n) is 11.0. The lowest BCUT2D eigenvalue weighted by Crippen LogP contribution is -2.62. The lowest BCUT2D eigenvalue weighted by Gasteiger charge is -2.51. The molecule has 16 heavy (non-hydrogen) atoms. The predicted octanol–water partition coefficient (Wildman–Crippen LogP) is 1.39. The van der Waals surface area contributed by atoms with Gasteiger partial charge in [-0.1, -0.05) is 20.8 Å². The molecule has 0 spiro atoms. The fraction of sp³-hybridized carbons (Fsp3) is 1.00. The third kappa shape index (κ3) is 2.13. The number of methoxy groups -OCH3 is 1. The molecule has 2 fully saturated rings. The van der Waals surface area contributed by atoms with Gasteiger partial charge in [-0.2, -0.15) is 0 Å². The predicted molar refractivity (Wildman–Crippen MR) is 66.6 cm³/mol. The largest absolute Gasteiger partial charge is 0.381 e. The normalized spacial score (nSPS) is 42.0. The molecule has 1 heterocycles. The molecule has 0 aromatic carbocycles. The van der Waals surface area contributed by atoms with Crippen LogP contribution in [0.3, 0.4) is 0 Å². The van der Waals surface area contributed by atoms with E-state index in [-0.39, 0.29) is 5.41 Å². The van der Waals surface area contributed by atoms with Gasteiger partial charge in [0.15, 0.2) is 0 Å². The molecule has 94 valence electrons. The highest BCUT2D eigenvalue weighted by Crippen LogP contribution is 2.42. The minimum atomic E-state index is 0.288. The Bertz CT molecular complexity index is 242. The van der Waals surface area contributed by atoms with Crippen molar-refractivity contribution in [3.8, 4) is 0 Å². The Morgan fingerprint density at radius 3 is 2.69 bits per heavy atom. The Kier molecular flexibility index (Phi) is 3.57. The van der Waals surface area contributed by atoms with Crippen molar-refractivity contribution in [3.05, 3.63) is 0 Å². The van der Waals surface area contributed by atoms with Crippen molar-refractivity contribution in [2.24, 2.45) is 11.3 Å². The molecule has 2 N–H and O–H groups in total. The maximum Gasteiger partial charge on any atom is 0.0652 e. The summed E-state index contributed by atoms with van der Waals surface area (Å²) in [6.07, 6.45) is 2.91. The van der Waals surface area contributed by atoms with E-state index in [9.17, 15) is 0 Å². The molecule has 0 bridgehead atoms. The van der Waals surface area contributed by atoms with Crippen molar-refractivity contribution in [2.45, 2.75) is 51.8 Å². The van der Waals surface area contributed by atoms with Crippen LogP contribution in [0.25, 0.3) is 0 Å². The second-order valence-electron chi connectivity index (χ2n) is 6.07. The average molecular weight is 226 g/mol. The van der Waals surface area contributed by atoms with E-state index in [1.165, 1.54) is 13.0 Å². The first-order valence-corrected chi connectivity index (χ1v) is 6.55. The zero-order valence-corrected chi connectivity index (χ0v) is 11.0. The van der Waals surface area contributed by atoms with Gasteiger partial charge >= 0.3 is 0 Å². The Morgan fingerprint density at radius 2 is 2.19 bits per heavy atom. The molecule has 0 aromatic rings. The van der Waals surface area contributed by atoms with Crippen LogP contribution in [0, 0.1) is 11.3 Å². The molecule has 4 atom stereocenters. The average Bonchev–Trinajstić information content (AvgIpc) is 2.63. The second kappa shape index (κ2) is 4.63. The molecular weight excluding hydrogens is 200 g/mol. The Balaban J connectivity index is 1.75. The summed E-state index contributed by atoms with van der Waals surface area (Å²) >= 11 is 0. The van der Waals surface area contributed by atoms with Gasteiger partial charge in [-0.25, -0.2) is 0 Å². The molecule has 1 aliphatic carbocycles. The monoisotopic (exact) mass is 226 g/mol. The quantitative estimate of drug-likeness (QED) is 0.760. The first-order chi connectivity index (χ1) is 7.55. The fourth-order valence-electron chi connectivity index (χ4n) is 3.07. The van der Waals surface area contributed by atoms with E-state index in [1.807, 2.05) is 7.11 Å². The van der Waals surface area contributed by atoms with Gasteiger partial charge in [0.1, 0.15) is 0 Å².